The van der Waals surface area contributed by atoms with E-state index >= 15 is 0 Å². The highest BCUT2D eigenvalue weighted by atomic mass is 35.7. The molecule has 0 spiro atoms. The first kappa shape index (κ1) is 9.94. The van der Waals surface area contributed by atoms with E-state index in [0.717, 1.165) is 0 Å². The second-order valence-corrected chi connectivity index (χ2v) is 4.64. The molecule has 5 nitrogen and oxygen atoms in total. The molecule has 0 aliphatic heterocycles. The summed E-state index contributed by atoms with van der Waals surface area (Å²) in [6.45, 7) is 0. The van der Waals surface area contributed by atoms with E-state index in [9.17, 15) is 13.2 Å². The van der Waals surface area contributed by atoms with Crippen molar-refractivity contribution < 1.29 is 13.2 Å². The second kappa shape index (κ2) is 3.31. The van der Waals surface area contributed by atoms with Gasteiger partial charge >= 0.3 is 0 Å². The molecule has 0 aliphatic rings. The van der Waals surface area contributed by atoms with Crippen LogP contribution in [0, 0.1) is 0 Å². The fourth-order valence-electron chi connectivity index (χ4n) is 0.773. The molecule has 1 amide bonds. The van der Waals surface area contributed by atoms with Crippen LogP contribution in [0.2, 0.25) is 0 Å². The van der Waals surface area contributed by atoms with Crippen molar-refractivity contribution in [2.45, 2.75) is 5.03 Å². The Kier molecular flexibility index (Phi) is 2.53. The molecule has 0 aliphatic carbocycles. The normalized spacial score (nSPS) is 11.2. The van der Waals surface area contributed by atoms with Gasteiger partial charge in [-0.1, -0.05) is 0 Å². The van der Waals surface area contributed by atoms with Gasteiger partial charge in [0.15, 0.2) is 5.03 Å². The maximum Gasteiger partial charge on any atom is 0.279 e. The van der Waals surface area contributed by atoms with Crippen LogP contribution in [0.1, 0.15) is 10.4 Å². The van der Waals surface area contributed by atoms with Gasteiger partial charge in [-0.05, 0) is 12.1 Å². The first-order valence-corrected chi connectivity index (χ1v) is 5.43. The number of aromatic nitrogens is 1. The predicted molar refractivity (Wildman–Crippen MR) is 45.8 cm³/mol. The highest BCUT2D eigenvalue weighted by Gasteiger charge is 2.19. The van der Waals surface area contributed by atoms with E-state index in [1.807, 2.05) is 0 Å². The van der Waals surface area contributed by atoms with Gasteiger partial charge in [0.1, 0.15) is 0 Å². The zero-order valence-electron chi connectivity index (χ0n) is 6.27. The molecule has 0 atom stereocenters. The minimum Gasteiger partial charge on any atom is -0.366 e. The van der Waals surface area contributed by atoms with Crippen molar-refractivity contribution in [2.75, 3.05) is 0 Å². The fraction of sp³-hybridized carbons (Fsp3) is 0. The average molecular weight is 221 g/mol. The van der Waals surface area contributed by atoms with Crippen molar-refractivity contribution in [1.82, 2.24) is 4.98 Å². The smallest absolute Gasteiger partial charge is 0.279 e. The van der Waals surface area contributed by atoms with Gasteiger partial charge in [0.05, 0.1) is 5.56 Å². The Morgan fingerprint density at radius 1 is 1.54 bits per heavy atom. The van der Waals surface area contributed by atoms with E-state index in [-0.39, 0.29) is 5.56 Å². The van der Waals surface area contributed by atoms with Crippen LogP contribution in [-0.2, 0) is 9.05 Å². The van der Waals surface area contributed by atoms with Crippen LogP contribution >= 0.6 is 10.7 Å². The summed E-state index contributed by atoms with van der Waals surface area (Å²) in [7, 11) is 0.992. The molecule has 1 aromatic heterocycles. The van der Waals surface area contributed by atoms with Crippen LogP contribution in [0.5, 0.6) is 0 Å². The molecule has 0 saturated carbocycles. The molecule has 0 radical (unpaired) electrons. The molecule has 1 rings (SSSR count). The molecule has 1 aromatic rings. The molecule has 0 saturated heterocycles. The molecule has 0 unspecified atom stereocenters. The standard InChI is InChI=1S/C6H5ClN2O3S/c7-13(11,12)6-4(5(8)10)2-1-3-9-6/h1-3H,(H2,8,10). The minimum atomic E-state index is -4.02. The Morgan fingerprint density at radius 3 is 2.54 bits per heavy atom. The Balaban J connectivity index is 3.46. The Bertz CT molecular complexity index is 443. The van der Waals surface area contributed by atoms with Crippen LogP contribution in [0.15, 0.2) is 23.4 Å². The van der Waals surface area contributed by atoms with Crippen molar-refractivity contribution in [1.29, 1.82) is 0 Å². The van der Waals surface area contributed by atoms with Gasteiger partial charge in [-0.15, -0.1) is 0 Å². The zero-order chi connectivity index (χ0) is 10.1. The van der Waals surface area contributed by atoms with Gasteiger partial charge in [-0.3, -0.25) is 4.79 Å². The lowest BCUT2D eigenvalue weighted by molar-refractivity contribution is 0.0996. The molecule has 0 aromatic carbocycles. The fourth-order valence-corrected chi connectivity index (χ4v) is 1.76. The number of primary amides is 1. The molecule has 1 heterocycles. The average Bonchev–Trinajstić information content (AvgIpc) is 2.03. The van der Waals surface area contributed by atoms with Crippen molar-refractivity contribution >= 4 is 25.6 Å². The number of rotatable bonds is 2. The van der Waals surface area contributed by atoms with E-state index in [2.05, 4.69) is 4.98 Å². The van der Waals surface area contributed by atoms with Crippen molar-refractivity contribution in [2.24, 2.45) is 5.73 Å². The molecule has 2 N–H and O–H groups in total. The zero-order valence-corrected chi connectivity index (χ0v) is 7.84. The Hall–Kier alpha value is -1.14. The van der Waals surface area contributed by atoms with E-state index in [0.29, 0.717) is 0 Å². The largest absolute Gasteiger partial charge is 0.366 e. The van der Waals surface area contributed by atoms with Crippen molar-refractivity contribution in [3.63, 3.8) is 0 Å². The molecule has 0 fully saturated rings. The molecular formula is C6H5ClN2O3S. The number of pyridine rings is 1. The highest BCUT2D eigenvalue weighted by Crippen LogP contribution is 2.15. The molecule has 13 heavy (non-hydrogen) atoms. The number of nitrogens with two attached hydrogens (primary N) is 1. The first-order valence-electron chi connectivity index (χ1n) is 3.12. The van der Waals surface area contributed by atoms with Crippen LogP contribution in [0.3, 0.4) is 0 Å². The number of carbonyl (C=O) groups is 1. The van der Waals surface area contributed by atoms with Gasteiger partial charge in [-0.2, -0.15) is 0 Å². The lowest BCUT2D eigenvalue weighted by Crippen LogP contribution is -2.15. The third-order valence-corrected chi connectivity index (χ3v) is 2.49. The van der Waals surface area contributed by atoms with E-state index in [4.69, 9.17) is 16.4 Å². The van der Waals surface area contributed by atoms with Crippen molar-refractivity contribution in [3.05, 3.63) is 23.9 Å². The van der Waals surface area contributed by atoms with Gasteiger partial charge in [0.25, 0.3) is 15.0 Å². The summed E-state index contributed by atoms with van der Waals surface area (Å²) in [5, 5.41) is -0.510. The van der Waals surface area contributed by atoms with Gasteiger partial charge in [0, 0.05) is 16.9 Å². The van der Waals surface area contributed by atoms with E-state index in [1.54, 1.807) is 0 Å². The number of hydrogen-bond acceptors (Lipinski definition) is 4. The van der Waals surface area contributed by atoms with E-state index in [1.165, 1.54) is 18.3 Å². The number of hydrogen-bond donors (Lipinski definition) is 1. The Labute approximate surface area is 78.9 Å². The summed E-state index contributed by atoms with van der Waals surface area (Å²) in [4.78, 5) is 14.2. The van der Waals surface area contributed by atoms with Gasteiger partial charge in [0.2, 0.25) is 0 Å². The first-order chi connectivity index (χ1) is 5.93. The quantitative estimate of drug-likeness (QED) is 0.717. The molecule has 7 heteroatoms. The topological polar surface area (TPSA) is 90.1 Å². The molecule has 70 valence electrons. The number of halogens is 1. The summed E-state index contributed by atoms with van der Waals surface area (Å²) in [6, 6.07) is 2.64. The van der Waals surface area contributed by atoms with Crippen LogP contribution < -0.4 is 5.73 Å². The second-order valence-electron chi connectivity index (χ2n) is 2.16. The minimum absolute atomic E-state index is 0.211. The highest BCUT2D eigenvalue weighted by molar-refractivity contribution is 8.13. The predicted octanol–water partition coefficient (Wildman–Crippen LogP) is 0.108. The van der Waals surface area contributed by atoms with Crippen LogP contribution in [0.4, 0.5) is 0 Å². The third kappa shape index (κ3) is 2.16. The Morgan fingerprint density at radius 2 is 2.15 bits per heavy atom. The summed E-state index contributed by atoms with van der Waals surface area (Å²) in [6.07, 6.45) is 1.21. The SMILES string of the molecule is NC(=O)c1cccnc1S(=O)(=O)Cl. The maximum absolute atomic E-state index is 10.9. The number of nitrogens with zero attached hydrogens (tertiary/aromatic N) is 1. The third-order valence-electron chi connectivity index (χ3n) is 1.27. The summed E-state index contributed by atoms with van der Waals surface area (Å²) in [5.74, 6) is -0.882. The number of carbonyl (C=O) groups excluding carboxylic acids is 1. The molecular weight excluding hydrogens is 216 g/mol. The maximum atomic E-state index is 10.9. The summed E-state index contributed by atoms with van der Waals surface area (Å²) in [5.41, 5.74) is 4.70. The van der Waals surface area contributed by atoms with Crippen LogP contribution in [-0.4, -0.2) is 19.3 Å². The lowest BCUT2D eigenvalue weighted by Gasteiger charge is -1.99. The van der Waals surface area contributed by atoms with E-state index < -0.39 is 20.0 Å². The summed E-state index contributed by atoms with van der Waals surface area (Å²) < 4.78 is 21.7. The van der Waals surface area contributed by atoms with Crippen LogP contribution in [0.25, 0.3) is 0 Å². The monoisotopic (exact) mass is 220 g/mol. The van der Waals surface area contributed by atoms with Gasteiger partial charge < -0.3 is 5.73 Å². The summed E-state index contributed by atoms with van der Waals surface area (Å²) >= 11 is 0. The van der Waals surface area contributed by atoms with Crippen molar-refractivity contribution in [3.8, 4) is 0 Å². The lowest BCUT2D eigenvalue weighted by atomic mass is 10.3. The van der Waals surface area contributed by atoms with Gasteiger partial charge in [-0.25, -0.2) is 13.4 Å². The number of amides is 1. The molecule has 0 bridgehead atoms.